The molecule has 1 aliphatic heterocycles. The molecule has 0 unspecified atom stereocenters. The van der Waals surface area contributed by atoms with Crippen molar-refractivity contribution in [3.8, 4) is 0 Å². The van der Waals surface area contributed by atoms with Gasteiger partial charge in [0.05, 0.1) is 5.92 Å². The van der Waals surface area contributed by atoms with Gasteiger partial charge in [0.15, 0.2) is 0 Å². The maximum atomic E-state index is 12.4. The van der Waals surface area contributed by atoms with Crippen LogP contribution in [0, 0.1) is 5.92 Å². The van der Waals surface area contributed by atoms with Gasteiger partial charge in [-0.15, -0.1) is 11.8 Å². The Morgan fingerprint density at radius 1 is 1.17 bits per heavy atom. The Labute approximate surface area is 139 Å². The highest BCUT2D eigenvalue weighted by molar-refractivity contribution is 7.98. The summed E-state index contributed by atoms with van der Waals surface area (Å²) in [5.74, 6) is -0.426. The smallest absolute Gasteiger partial charge is 0.229 e. The first-order valence-electron chi connectivity index (χ1n) is 7.47. The number of hydrogen-bond acceptors (Lipinski definition) is 3. The maximum Gasteiger partial charge on any atom is 0.229 e. The summed E-state index contributed by atoms with van der Waals surface area (Å²) in [5, 5.41) is 2.92. The summed E-state index contributed by atoms with van der Waals surface area (Å²) in [6.07, 6.45) is 2.25. The first-order chi connectivity index (χ1) is 11.2. The van der Waals surface area contributed by atoms with Crippen LogP contribution in [0.4, 0.5) is 11.4 Å². The molecule has 0 radical (unpaired) electrons. The zero-order chi connectivity index (χ0) is 16.2. The van der Waals surface area contributed by atoms with E-state index >= 15 is 0 Å². The lowest BCUT2D eigenvalue weighted by atomic mass is 10.1. The third-order valence-electron chi connectivity index (χ3n) is 3.90. The van der Waals surface area contributed by atoms with E-state index in [-0.39, 0.29) is 24.2 Å². The summed E-state index contributed by atoms with van der Waals surface area (Å²) < 4.78 is 0. The second-order valence-corrected chi connectivity index (χ2v) is 6.34. The molecule has 118 valence electrons. The number of carbonyl (C=O) groups excluding carboxylic acids is 2. The molecule has 2 aromatic rings. The van der Waals surface area contributed by atoms with Crippen LogP contribution < -0.4 is 10.2 Å². The summed E-state index contributed by atoms with van der Waals surface area (Å²) in [5.41, 5.74) is 1.62. The molecule has 5 heteroatoms. The molecule has 4 nitrogen and oxygen atoms in total. The van der Waals surface area contributed by atoms with E-state index in [0.717, 1.165) is 16.3 Å². The van der Waals surface area contributed by atoms with Gasteiger partial charge in [0.2, 0.25) is 11.8 Å². The Bertz CT molecular complexity index is 718. The molecule has 0 bridgehead atoms. The van der Waals surface area contributed by atoms with Crippen molar-refractivity contribution < 1.29 is 9.59 Å². The summed E-state index contributed by atoms with van der Waals surface area (Å²) >= 11 is 1.63. The highest BCUT2D eigenvalue weighted by atomic mass is 32.2. The van der Waals surface area contributed by atoms with E-state index in [9.17, 15) is 9.59 Å². The molecule has 1 atom stereocenters. The van der Waals surface area contributed by atoms with Crippen molar-refractivity contribution in [1.82, 2.24) is 0 Å². The number of nitrogens with one attached hydrogen (secondary N) is 1. The lowest BCUT2D eigenvalue weighted by Crippen LogP contribution is -2.28. The standard InChI is InChI=1S/C18H18N2O2S/c1-23-16-9-5-6-14(11-16)19-18(22)13-10-17(21)20(12-13)15-7-3-2-4-8-15/h2-9,11,13H,10,12H2,1H3,(H,19,22)/t13-/m0/s1. The predicted octanol–water partition coefficient (Wildman–Crippen LogP) is 3.40. The number of carbonyl (C=O) groups is 2. The van der Waals surface area contributed by atoms with Gasteiger partial charge in [0.1, 0.15) is 0 Å². The van der Waals surface area contributed by atoms with Gasteiger partial charge in [-0.1, -0.05) is 24.3 Å². The Hall–Kier alpha value is -2.27. The molecule has 1 aliphatic rings. The van der Waals surface area contributed by atoms with Crippen LogP contribution in [-0.2, 0) is 9.59 Å². The van der Waals surface area contributed by atoms with Crippen LogP contribution in [-0.4, -0.2) is 24.6 Å². The van der Waals surface area contributed by atoms with Crippen molar-refractivity contribution in [3.63, 3.8) is 0 Å². The van der Waals surface area contributed by atoms with Crippen molar-refractivity contribution in [3.05, 3.63) is 54.6 Å². The minimum atomic E-state index is -0.319. The van der Waals surface area contributed by atoms with Gasteiger partial charge in [0.25, 0.3) is 0 Å². The highest BCUT2D eigenvalue weighted by Crippen LogP contribution is 2.26. The van der Waals surface area contributed by atoms with Gasteiger partial charge >= 0.3 is 0 Å². The van der Waals surface area contributed by atoms with Gasteiger partial charge in [-0.25, -0.2) is 0 Å². The van der Waals surface area contributed by atoms with Crippen LogP contribution in [0.5, 0.6) is 0 Å². The van der Waals surface area contributed by atoms with E-state index in [1.54, 1.807) is 16.7 Å². The molecular formula is C18H18N2O2S. The van der Waals surface area contributed by atoms with Gasteiger partial charge in [-0.2, -0.15) is 0 Å². The fourth-order valence-electron chi connectivity index (χ4n) is 2.69. The van der Waals surface area contributed by atoms with E-state index in [4.69, 9.17) is 0 Å². The van der Waals surface area contributed by atoms with E-state index in [1.165, 1.54) is 0 Å². The topological polar surface area (TPSA) is 49.4 Å². The van der Waals surface area contributed by atoms with Gasteiger partial charge < -0.3 is 10.2 Å². The molecule has 1 fully saturated rings. The number of thioether (sulfide) groups is 1. The number of para-hydroxylation sites is 1. The second kappa shape index (κ2) is 6.87. The largest absolute Gasteiger partial charge is 0.326 e. The average molecular weight is 326 g/mol. The predicted molar refractivity (Wildman–Crippen MR) is 93.8 cm³/mol. The Morgan fingerprint density at radius 3 is 2.70 bits per heavy atom. The number of anilines is 2. The first kappa shape index (κ1) is 15.6. The summed E-state index contributed by atoms with van der Waals surface area (Å²) in [7, 11) is 0. The molecule has 3 rings (SSSR count). The maximum absolute atomic E-state index is 12.4. The molecule has 0 aliphatic carbocycles. The number of rotatable bonds is 4. The van der Waals surface area contributed by atoms with Crippen LogP contribution in [0.2, 0.25) is 0 Å². The molecule has 2 aromatic carbocycles. The molecule has 1 heterocycles. The van der Waals surface area contributed by atoms with Crippen molar-refractivity contribution in [2.75, 3.05) is 23.0 Å². The molecule has 1 saturated heterocycles. The van der Waals surface area contributed by atoms with E-state index in [0.29, 0.717) is 6.54 Å². The molecule has 2 amide bonds. The fraction of sp³-hybridized carbons (Fsp3) is 0.222. The quantitative estimate of drug-likeness (QED) is 0.876. The van der Waals surface area contributed by atoms with E-state index in [1.807, 2.05) is 60.9 Å². The molecule has 23 heavy (non-hydrogen) atoms. The SMILES string of the molecule is CSc1cccc(NC(=O)[C@H]2CC(=O)N(c3ccccc3)C2)c1. The third-order valence-corrected chi connectivity index (χ3v) is 4.63. The van der Waals surface area contributed by atoms with Gasteiger partial charge in [-0.05, 0) is 36.6 Å². The average Bonchev–Trinajstić information content (AvgIpc) is 2.98. The monoisotopic (exact) mass is 326 g/mol. The van der Waals surface area contributed by atoms with Gasteiger partial charge in [0, 0.05) is 29.2 Å². The van der Waals surface area contributed by atoms with E-state index < -0.39 is 0 Å². The Balaban J connectivity index is 1.68. The van der Waals surface area contributed by atoms with Crippen LogP contribution in [0.25, 0.3) is 0 Å². The molecular weight excluding hydrogens is 308 g/mol. The van der Waals surface area contributed by atoms with Gasteiger partial charge in [-0.3, -0.25) is 9.59 Å². The zero-order valence-electron chi connectivity index (χ0n) is 12.9. The van der Waals surface area contributed by atoms with Crippen LogP contribution in [0.3, 0.4) is 0 Å². The normalized spacial score (nSPS) is 17.3. The fourth-order valence-corrected chi connectivity index (χ4v) is 3.15. The Kier molecular flexibility index (Phi) is 4.67. The zero-order valence-corrected chi connectivity index (χ0v) is 13.7. The van der Waals surface area contributed by atoms with Crippen molar-refractivity contribution in [1.29, 1.82) is 0 Å². The van der Waals surface area contributed by atoms with Crippen LogP contribution in [0.1, 0.15) is 6.42 Å². The summed E-state index contributed by atoms with van der Waals surface area (Å²) in [4.78, 5) is 27.4. The molecule has 0 aromatic heterocycles. The second-order valence-electron chi connectivity index (χ2n) is 5.46. The molecule has 0 saturated carbocycles. The number of nitrogens with zero attached hydrogens (tertiary/aromatic N) is 1. The number of hydrogen-bond donors (Lipinski definition) is 1. The van der Waals surface area contributed by atoms with Crippen LogP contribution in [0.15, 0.2) is 59.5 Å². The minimum absolute atomic E-state index is 0.00536. The Morgan fingerprint density at radius 2 is 1.96 bits per heavy atom. The van der Waals surface area contributed by atoms with Crippen LogP contribution >= 0.6 is 11.8 Å². The third kappa shape index (κ3) is 3.56. The summed E-state index contributed by atoms with van der Waals surface area (Å²) in [6.45, 7) is 0.427. The lowest BCUT2D eigenvalue weighted by Gasteiger charge is -2.16. The van der Waals surface area contributed by atoms with Crippen molar-refractivity contribution >= 4 is 35.0 Å². The van der Waals surface area contributed by atoms with E-state index in [2.05, 4.69) is 5.32 Å². The number of benzene rings is 2. The molecule has 0 spiro atoms. The minimum Gasteiger partial charge on any atom is -0.326 e. The molecule has 1 N–H and O–H groups in total. The number of amides is 2. The van der Waals surface area contributed by atoms with Crippen molar-refractivity contribution in [2.24, 2.45) is 5.92 Å². The lowest BCUT2D eigenvalue weighted by molar-refractivity contribution is -0.122. The first-order valence-corrected chi connectivity index (χ1v) is 8.70. The highest BCUT2D eigenvalue weighted by Gasteiger charge is 2.35. The summed E-state index contributed by atoms with van der Waals surface area (Å²) in [6, 6.07) is 17.2. The van der Waals surface area contributed by atoms with Crippen molar-refractivity contribution in [2.45, 2.75) is 11.3 Å².